The van der Waals surface area contributed by atoms with E-state index in [1.54, 1.807) is 24.3 Å². The number of carbonyl (C=O) groups excluding carboxylic acids is 2. The number of carbonyl (C=O) groups is 2. The summed E-state index contributed by atoms with van der Waals surface area (Å²) >= 11 is 0. The van der Waals surface area contributed by atoms with Crippen LogP contribution in [-0.4, -0.2) is 45.8 Å². The lowest BCUT2D eigenvalue weighted by molar-refractivity contribution is -0.896. The Morgan fingerprint density at radius 3 is 2.07 bits per heavy atom. The fourth-order valence-corrected chi connectivity index (χ4v) is 3.55. The molecule has 1 aliphatic rings. The molecular weight excluding hydrogens is 384 g/mol. The van der Waals surface area contributed by atoms with Crippen LogP contribution in [0.25, 0.3) is 0 Å². The van der Waals surface area contributed by atoms with Gasteiger partial charge in [-0.2, -0.15) is 0 Å². The van der Waals surface area contributed by atoms with Crippen molar-refractivity contribution in [2.45, 2.75) is 19.3 Å². The van der Waals surface area contributed by atoms with Gasteiger partial charge in [0.15, 0.2) is 6.54 Å². The van der Waals surface area contributed by atoms with Crippen LogP contribution in [0.2, 0.25) is 0 Å². The van der Waals surface area contributed by atoms with Gasteiger partial charge in [0.2, 0.25) is 0 Å². The Balaban J connectivity index is 1.69. The van der Waals surface area contributed by atoms with Gasteiger partial charge in [-0.15, -0.1) is 0 Å². The Morgan fingerprint density at radius 1 is 0.867 bits per heavy atom. The predicted octanol–water partition coefficient (Wildman–Crippen LogP) is 2.36. The number of methoxy groups -OCH3 is 2. The van der Waals surface area contributed by atoms with E-state index in [0.717, 1.165) is 25.9 Å². The molecule has 1 aliphatic heterocycles. The number of hydrogen-bond acceptors (Lipinski definition) is 4. The molecule has 160 valence electrons. The van der Waals surface area contributed by atoms with E-state index in [0.29, 0.717) is 35.1 Å². The maximum Gasteiger partial charge on any atom is 0.323 e. The smallest absolute Gasteiger partial charge is 0.323 e. The van der Waals surface area contributed by atoms with E-state index in [2.05, 4.69) is 16.0 Å². The van der Waals surface area contributed by atoms with Gasteiger partial charge in [-0.3, -0.25) is 4.79 Å². The zero-order valence-corrected chi connectivity index (χ0v) is 17.4. The maximum atomic E-state index is 12.5. The number of para-hydroxylation sites is 1. The SMILES string of the molecule is COc1cc(NC(=O)Nc2ccccc2)c(OC)cc1NC(=O)C[NH+]1CCCCC1. The Morgan fingerprint density at radius 2 is 1.47 bits per heavy atom. The Kier molecular flexibility index (Phi) is 7.51. The number of benzene rings is 2. The van der Waals surface area contributed by atoms with Gasteiger partial charge in [0, 0.05) is 17.8 Å². The largest absolute Gasteiger partial charge is 0.494 e. The standard InChI is InChI=1S/C22H28N4O4/c1-29-19-14-18(25-22(28)23-16-9-5-3-6-10-16)20(30-2)13-17(19)24-21(27)15-26-11-7-4-8-12-26/h3,5-6,9-10,13-14H,4,7-8,11-12,15H2,1-2H3,(H,24,27)(H2,23,25,28)/p+1. The Hall–Kier alpha value is -3.26. The van der Waals surface area contributed by atoms with Crippen molar-refractivity contribution in [3.8, 4) is 11.5 Å². The van der Waals surface area contributed by atoms with Gasteiger partial charge in [-0.1, -0.05) is 18.2 Å². The summed E-state index contributed by atoms with van der Waals surface area (Å²) in [4.78, 5) is 26.1. The van der Waals surface area contributed by atoms with Gasteiger partial charge >= 0.3 is 6.03 Å². The molecule has 1 heterocycles. The second-order valence-corrected chi connectivity index (χ2v) is 7.23. The second kappa shape index (κ2) is 10.5. The summed E-state index contributed by atoms with van der Waals surface area (Å²) in [6.07, 6.45) is 3.55. The number of anilines is 3. The summed E-state index contributed by atoms with van der Waals surface area (Å²) in [7, 11) is 3.02. The normalized spacial score (nSPS) is 13.9. The number of hydrogen-bond donors (Lipinski definition) is 4. The molecule has 30 heavy (non-hydrogen) atoms. The monoisotopic (exact) mass is 413 g/mol. The maximum absolute atomic E-state index is 12.5. The molecule has 1 fully saturated rings. The van der Waals surface area contributed by atoms with Gasteiger partial charge in [-0.25, -0.2) is 4.79 Å². The number of quaternary nitrogens is 1. The van der Waals surface area contributed by atoms with Crippen LogP contribution in [0.5, 0.6) is 11.5 Å². The van der Waals surface area contributed by atoms with E-state index in [1.165, 1.54) is 25.5 Å². The van der Waals surface area contributed by atoms with Crippen molar-refractivity contribution in [2.24, 2.45) is 0 Å². The number of rotatable bonds is 7. The molecule has 0 spiro atoms. The van der Waals surface area contributed by atoms with E-state index in [1.807, 2.05) is 18.2 Å². The molecule has 0 radical (unpaired) electrons. The first-order valence-electron chi connectivity index (χ1n) is 10.1. The minimum absolute atomic E-state index is 0.0743. The van der Waals surface area contributed by atoms with E-state index in [9.17, 15) is 9.59 Å². The third-order valence-electron chi connectivity index (χ3n) is 5.05. The highest BCUT2D eigenvalue weighted by molar-refractivity contribution is 6.01. The summed E-state index contributed by atoms with van der Waals surface area (Å²) in [5.74, 6) is 0.780. The fourth-order valence-electron chi connectivity index (χ4n) is 3.55. The molecule has 0 saturated carbocycles. The van der Waals surface area contributed by atoms with Crippen LogP contribution >= 0.6 is 0 Å². The van der Waals surface area contributed by atoms with E-state index in [4.69, 9.17) is 9.47 Å². The van der Waals surface area contributed by atoms with Crippen LogP contribution < -0.4 is 30.3 Å². The molecule has 0 aromatic heterocycles. The molecule has 0 atom stereocenters. The van der Waals surface area contributed by atoms with Gasteiger partial charge < -0.3 is 30.3 Å². The van der Waals surface area contributed by atoms with Gasteiger partial charge in [0.1, 0.15) is 11.5 Å². The van der Waals surface area contributed by atoms with Crippen molar-refractivity contribution in [3.63, 3.8) is 0 Å². The van der Waals surface area contributed by atoms with Crippen molar-refractivity contribution in [3.05, 3.63) is 42.5 Å². The van der Waals surface area contributed by atoms with Crippen molar-refractivity contribution < 1.29 is 24.0 Å². The van der Waals surface area contributed by atoms with Crippen LogP contribution in [0.1, 0.15) is 19.3 Å². The number of amides is 3. The molecular formula is C22H29N4O4+. The number of ether oxygens (including phenoxy) is 2. The summed E-state index contributed by atoms with van der Waals surface area (Å²) in [6.45, 7) is 2.46. The molecule has 3 rings (SSSR count). The lowest BCUT2D eigenvalue weighted by Crippen LogP contribution is -3.13. The molecule has 0 aliphatic carbocycles. The van der Waals surface area contributed by atoms with Crippen LogP contribution in [0.15, 0.2) is 42.5 Å². The lowest BCUT2D eigenvalue weighted by Gasteiger charge is -2.23. The average molecular weight is 413 g/mol. The van der Waals surface area contributed by atoms with Crippen molar-refractivity contribution in [1.82, 2.24) is 0 Å². The minimum atomic E-state index is -0.410. The summed E-state index contributed by atoms with van der Waals surface area (Å²) in [5, 5.41) is 8.42. The third-order valence-corrected chi connectivity index (χ3v) is 5.05. The van der Waals surface area contributed by atoms with Crippen molar-refractivity contribution in [2.75, 3.05) is 49.8 Å². The first-order chi connectivity index (χ1) is 14.6. The Labute approximate surface area is 176 Å². The summed E-state index contributed by atoms with van der Waals surface area (Å²) in [5.41, 5.74) is 1.61. The molecule has 4 N–H and O–H groups in total. The average Bonchev–Trinajstić information content (AvgIpc) is 2.75. The van der Waals surface area contributed by atoms with Gasteiger partial charge in [-0.05, 0) is 31.4 Å². The summed E-state index contributed by atoms with van der Waals surface area (Å²) < 4.78 is 10.8. The zero-order chi connectivity index (χ0) is 21.3. The zero-order valence-electron chi connectivity index (χ0n) is 17.4. The van der Waals surface area contributed by atoms with Crippen molar-refractivity contribution in [1.29, 1.82) is 0 Å². The first kappa shape index (κ1) is 21.4. The minimum Gasteiger partial charge on any atom is -0.494 e. The molecule has 8 nitrogen and oxygen atoms in total. The van der Waals surface area contributed by atoms with Crippen molar-refractivity contribution >= 4 is 29.0 Å². The highest BCUT2D eigenvalue weighted by Gasteiger charge is 2.20. The van der Waals surface area contributed by atoms with Crippen LogP contribution in [-0.2, 0) is 4.79 Å². The van der Waals surface area contributed by atoms with Gasteiger partial charge in [0.25, 0.3) is 5.91 Å². The lowest BCUT2D eigenvalue weighted by atomic mass is 10.1. The Bertz CT molecular complexity index is 867. The number of likely N-dealkylation sites (tertiary alicyclic amines) is 1. The summed E-state index contributed by atoms with van der Waals surface area (Å²) in [6, 6.07) is 12.0. The molecule has 0 unspecified atom stereocenters. The van der Waals surface area contributed by atoms with E-state index < -0.39 is 6.03 Å². The topological polar surface area (TPSA) is 93.1 Å². The number of urea groups is 1. The van der Waals surface area contributed by atoms with Crippen LogP contribution in [0.3, 0.4) is 0 Å². The quantitative estimate of drug-likeness (QED) is 0.561. The van der Waals surface area contributed by atoms with E-state index >= 15 is 0 Å². The van der Waals surface area contributed by atoms with Crippen LogP contribution in [0.4, 0.5) is 21.9 Å². The number of piperidine rings is 1. The van der Waals surface area contributed by atoms with E-state index in [-0.39, 0.29) is 5.91 Å². The highest BCUT2D eigenvalue weighted by Crippen LogP contribution is 2.36. The molecule has 3 amide bonds. The third kappa shape index (κ3) is 5.87. The van der Waals surface area contributed by atoms with Crippen LogP contribution in [0, 0.1) is 0 Å². The fraction of sp³-hybridized carbons (Fsp3) is 0.364. The molecule has 2 aromatic carbocycles. The second-order valence-electron chi connectivity index (χ2n) is 7.23. The highest BCUT2D eigenvalue weighted by atomic mass is 16.5. The molecule has 1 saturated heterocycles. The first-order valence-corrected chi connectivity index (χ1v) is 10.1. The molecule has 2 aromatic rings. The molecule has 0 bridgehead atoms. The number of nitrogens with one attached hydrogen (secondary N) is 4. The van der Waals surface area contributed by atoms with Gasteiger partial charge in [0.05, 0.1) is 38.7 Å². The molecule has 8 heteroatoms. The predicted molar refractivity (Wildman–Crippen MR) is 117 cm³/mol.